The molecular weight excluding hydrogens is 368 g/mol. The Bertz CT molecular complexity index is 978. The number of piperazine rings is 1. The minimum atomic E-state index is -3.98. The Morgan fingerprint density at radius 1 is 1.00 bits per heavy atom. The summed E-state index contributed by atoms with van der Waals surface area (Å²) in [6, 6.07) is 5.04. The predicted molar refractivity (Wildman–Crippen MR) is 88.1 cm³/mol. The summed E-state index contributed by atoms with van der Waals surface area (Å²) in [5, 5.41) is 0. The van der Waals surface area contributed by atoms with Crippen molar-refractivity contribution in [3.63, 3.8) is 0 Å². The van der Waals surface area contributed by atoms with Gasteiger partial charge in [0.2, 0.25) is 15.6 Å². The number of aromatic amines is 1. The summed E-state index contributed by atoms with van der Waals surface area (Å²) < 4.78 is 52.5. The molecule has 0 atom stereocenters. The maximum Gasteiger partial charge on any atom is 0.255 e. The van der Waals surface area contributed by atoms with Crippen molar-refractivity contribution in [2.75, 3.05) is 26.2 Å². The van der Waals surface area contributed by atoms with Gasteiger partial charge in [-0.1, -0.05) is 0 Å². The molecule has 1 aromatic carbocycles. The maximum atomic E-state index is 13.3. The maximum absolute atomic E-state index is 13.3. The number of H-pyrrole nitrogens is 1. The first-order chi connectivity index (χ1) is 12.3. The number of hydrogen-bond donors (Lipinski definition) is 1. The number of nitrogens with zero attached hydrogens (tertiary/aromatic N) is 2. The number of carbonyl (C=O) groups is 1. The fourth-order valence-corrected chi connectivity index (χ4v) is 4.08. The molecule has 0 saturated carbocycles. The van der Waals surface area contributed by atoms with Crippen molar-refractivity contribution in [1.29, 1.82) is 0 Å². The lowest BCUT2D eigenvalue weighted by atomic mass is 10.2. The molecular formula is C16H15F2N3O4S. The molecule has 138 valence electrons. The molecule has 0 spiro atoms. The average molecular weight is 383 g/mol. The molecule has 1 saturated heterocycles. The van der Waals surface area contributed by atoms with Gasteiger partial charge in [0.1, 0.15) is 0 Å². The number of rotatable bonds is 3. The van der Waals surface area contributed by atoms with Gasteiger partial charge in [-0.15, -0.1) is 0 Å². The molecule has 7 nitrogen and oxygen atoms in total. The number of sulfonamides is 1. The Labute approximate surface area is 147 Å². The van der Waals surface area contributed by atoms with Crippen molar-refractivity contribution >= 4 is 15.9 Å². The molecule has 1 amide bonds. The van der Waals surface area contributed by atoms with E-state index in [9.17, 15) is 26.8 Å². The third kappa shape index (κ3) is 3.51. The van der Waals surface area contributed by atoms with Gasteiger partial charge in [0, 0.05) is 38.4 Å². The number of nitrogens with one attached hydrogen (secondary N) is 1. The summed E-state index contributed by atoms with van der Waals surface area (Å²) in [6.07, 6.45) is 1.30. The Kier molecular flexibility index (Phi) is 4.88. The Morgan fingerprint density at radius 3 is 2.27 bits per heavy atom. The first-order valence-corrected chi connectivity index (χ1v) is 9.16. The van der Waals surface area contributed by atoms with Crippen LogP contribution in [0.25, 0.3) is 0 Å². The fraction of sp³-hybridized carbons (Fsp3) is 0.250. The predicted octanol–water partition coefficient (Wildman–Crippen LogP) is 0.800. The number of halogens is 2. The first kappa shape index (κ1) is 18.2. The zero-order chi connectivity index (χ0) is 18.9. The second kappa shape index (κ2) is 6.96. The topological polar surface area (TPSA) is 90.6 Å². The number of amides is 1. The van der Waals surface area contributed by atoms with E-state index in [2.05, 4.69) is 4.98 Å². The molecule has 1 aliphatic rings. The van der Waals surface area contributed by atoms with Crippen LogP contribution in [-0.2, 0) is 10.0 Å². The van der Waals surface area contributed by atoms with Gasteiger partial charge in [-0.2, -0.15) is 4.31 Å². The molecule has 0 bridgehead atoms. The molecule has 1 aliphatic heterocycles. The number of carbonyl (C=O) groups excluding carboxylic acids is 1. The van der Waals surface area contributed by atoms with Crippen molar-refractivity contribution < 1.29 is 22.0 Å². The van der Waals surface area contributed by atoms with Gasteiger partial charge in [-0.25, -0.2) is 17.2 Å². The summed E-state index contributed by atoms with van der Waals surface area (Å²) >= 11 is 0. The second-order valence-electron chi connectivity index (χ2n) is 5.71. The highest BCUT2D eigenvalue weighted by Crippen LogP contribution is 2.20. The Morgan fingerprint density at radius 2 is 1.69 bits per heavy atom. The van der Waals surface area contributed by atoms with Crippen LogP contribution in [0, 0.1) is 11.6 Å². The monoisotopic (exact) mass is 383 g/mol. The lowest BCUT2D eigenvalue weighted by Crippen LogP contribution is -2.50. The zero-order valence-corrected chi connectivity index (χ0v) is 14.3. The quantitative estimate of drug-likeness (QED) is 0.849. The van der Waals surface area contributed by atoms with Gasteiger partial charge < -0.3 is 9.88 Å². The molecule has 10 heteroatoms. The molecule has 2 aromatic rings. The van der Waals surface area contributed by atoms with Crippen molar-refractivity contribution in [2.24, 2.45) is 0 Å². The summed E-state index contributed by atoms with van der Waals surface area (Å²) in [5.41, 5.74) is -0.0366. The smallest absolute Gasteiger partial charge is 0.255 e. The summed E-state index contributed by atoms with van der Waals surface area (Å²) in [5.74, 6) is -2.69. The van der Waals surface area contributed by atoms with Crippen molar-refractivity contribution in [2.45, 2.75) is 4.90 Å². The largest absolute Gasteiger partial charge is 0.336 e. The Balaban J connectivity index is 1.71. The Hall–Kier alpha value is -2.59. The highest BCUT2D eigenvalue weighted by Gasteiger charge is 2.31. The van der Waals surface area contributed by atoms with Gasteiger partial charge in [0.25, 0.3) is 5.91 Å². The van der Waals surface area contributed by atoms with E-state index < -0.39 is 21.7 Å². The van der Waals surface area contributed by atoms with E-state index in [0.717, 1.165) is 16.4 Å². The number of aromatic nitrogens is 1. The minimum absolute atomic E-state index is 0.0242. The van der Waals surface area contributed by atoms with Gasteiger partial charge >= 0.3 is 0 Å². The van der Waals surface area contributed by atoms with Crippen LogP contribution in [0.2, 0.25) is 0 Å². The van der Waals surface area contributed by atoms with Crippen LogP contribution >= 0.6 is 0 Å². The normalized spacial score (nSPS) is 15.8. The van der Waals surface area contributed by atoms with Gasteiger partial charge in [-0.05, 0) is 24.3 Å². The van der Waals surface area contributed by atoms with E-state index in [0.29, 0.717) is 11.6 Å². The van der Waals surface area contributed by atoms with Crippen molar-refractivity contribution in [3.05, 3.63) is 64.1 Å². The van der Waals surface area contributed by atoms with E-state index in [1.54, 1.807) is 0 Å². The zero-order valence-electron chi connectivity index (χ0n) is 13.5. The SMILES string of the molecule is O=C(c1ccc(=O)[nH]c1)N1CCN(S(=O)(=O)c2ccc(F)c(F)c2)CC1. The third-order valence-corrected chi connectivity index (χ3v) is 5.98. The first-order valence-electron chi connectivity index (χ1n) is 7.72. The lowest BCUT2D eigenvalue weighted by molar-refractivity contribution is 0.0697. The van der Waals surface area contributed by atoms with E-state index in [1.165, 1.54) is 23.2 Å². The second-order valence-corrected chi connectivity index (χ2v) is 7.65. The molecule has 1 fully saturated rings. The van der Waals surface area contributed by atoms with E-state index >= 15 is 0 Å². The molecule has 0 radical (unpaired) electrons. The van der Waals surface area contributed by atoms with Gasteiger partial charge in [-0.3, -0.25) is 9.59 Å². The average Bonchev–Trinajstić information content (AvgIpc) is 2.64. The van der Waals surface area contributed by atoms with Crippen LogP contribution in [0.4, 0.5) is 8.78 Å². The summed E-state index contributed by atoms with van der Waals surface area (Å²) in [7, 11) is -3.98. The molecule has 26 heavy (non-hydrogen) atoms. The number of benzene rings is 1. The van der Waals surface area contributed by atoms with Crippen LogP contribution in [-0.4, -0.2) is 54.7 Å². The minimum Gasteiger partial charge on any atom is -0.336 e. The highest BCUT2D eigenvalue weighted by molar-refractivity contribution is 7.89. The highest BCUT2D eigenvalue weighted by atomic mass is 32.2. The number of hydrogen-bond acceptors (Lipinski definition) is 4. The molecule has 0 unspecified atom stereocenters. The van der Waals surface area contributed by atoms with E-state index in [1.807, 2.05) is 0 Å². The van der Waals surface area contributed by atoms with Crippen molar-refractivity contribution in [1.82, 2.24) is 14.2 Å². The molecule has 1 aromatic heterocycles. The van der Waals surface area contributed by atoms with Crippen LogP contribution in [0.3, 0.4) is 0 Å². The molecule has 1 N–H and O–H groups in total. The lowest BCUT2D eigenvalue weighted by Gasteiger charge is -2.34. The van der Waals surface area contributed by atoms with Crippen LogP contribution in [0.15, 0.2) is 46.2 Å². The standard InChI is InChI=1S/C16H15F2N3O4S/c17-13-3-2-12(9-14(13)18)26(24,25)21-7-5-20(6-8-21)16(23)11-1-4-15(22)19-10-11/h1-4,9-10H,5-8H2,(H,19,22). The summed E-state index contributed by atoms with van der Waals surface area (Å²) in [6.45, 7) is 0.328. The summed E-state index contributed by atoms with van der Waals surface area (Å²) in [4.78, 5) is 26.9. The fourth-order valence-electron chi connectivity index (χ4n) is 2.64. The van der Waals surface area contributed by atoms with Gasteiger partial charge in [0.15, 0.2) is 11.6 Å². The molecule has 0 aliphatic carbocycles. The molecule has 2 heterocycles. The van der Waals surface area contributed by atoms with Crippen LogP contribution in [0.1, 0.15) is 10.4 Å². The molecule has 3 rings (SSSR count). The van der Waals surface area contributed by atoms with Crippen molar-refractivity contribution in [3.8, 4) is 0 Å². The van der Waals surface area contributed by atoms with Crippen LogP contribution in [0.5, 0.6) is 0 Å². The third-order valence-electron chi connectivity index (χ3n) is 4.09. The van der Waals surface area contributed by atoms with Crippen LogP contribution < -0.4 is 5.56 Å². The van der Waals surface area contributed by atoms with Gasteiger partial charge in [0.05, 0.1) is 10.5 Å². The van der Waals surface area contributed by atoms with E-state index in [4.69, 9.17) is 0 Å². The van der Waals surface area contributed by atoms with E-state index in [-0.39, 0.29) is 42.5 Å². The number of pyridine rings is 1.